The molecule has 1 aromatic carbocycles. The summed E-state index contributed by atoms with van der Waals surface area (Å²) in [6.45, 7) is 0.322. The molecule has 2 aromatic rings. The fraction of sp³-hybridized carbons (Fsp3) is 0.0833. The minimum atomic E-state index is -0.679. The number of benzene rings is 1. The number of nitrogens with one attached hydrogen (secondary N) is 1. The number of hydrogen-bond donors (Lipinski definition) is 2. The van der Waals surface area contributed by atoms with Gasteiger partial charge in [0.25, 0.3) is 0 Å². The maximum Gasteiger partial charge on any atom is 0.165 e. The molecule has 5 heteroatoms. The Labute approximate surface area is 96.7 Å². The average molecular weight is 236 g/mol. The molecule has 0 atom stereocenters. The highest BCUT2D eigenvalue weighted by molar-refractivity contribution is 5.41. The standard InChI is InChI=1S/C12H10F2N2O/c13-9-4-10(7-15-6-9)16-5-8-1-2-12(17)11(14)3-8/h1-4,6-7,16-17H,5H2. The molecular weight excluding hydrogens is 226 g/mol. The van der Waals surface area contributed by atoms with E-state index < -0.39 is 11.6 Å². The number of hydrogen-bond acceptors (Lipinski definition) is 3. The lowest BCUT2D eigenvalue weighted by Gasteiger charge is -2.06. The largest absolute Gasteiger partial charge is 0.505 e. The molecule has 1 aromatic heterocycles. The van der Waals surface area contributed by atoms with Crippen LogP contribution in [0.2, 0.25) is 0 Å². The van der Waals surface area contributed by atoms with E-state index in [4.69, 9.17) is 5.11 Å². The molecule has 0 aliphatic carbocycles. The van der Waals surface area contributed by atoms with Crippen molar-refractivity contribution >= 4 is 5.69 Å². The van der Waals surface area contributed by atoms with E-state index in [1.54, 1.807) is 6.07 Å². The van der Waals surface area contributed by atoms with Crippen LogP contribution in [-0.2, 0) is 6.54 Å². The Morgan fingerprint density at radius 2 is 2.00 bits per heavy atom. The normalized spacial score (nSPS) is 10.2. The maximum absolute atomic E-state index is 13.0. The minimum Gasteiger partial charge on any atom is -0.505 e. The van der Waals surface area contributed by atoms with Gasteiger partial charge >= 0.3 is 0 Å². The Morgan fingerprint density at radius 3 is 2.71 bits per heavy atom. The number of rotatable bonds is 3. The summed E-state index contributed by atoms with van der Waals surface area (Å²) in [6.07, 6.45) is 2.57. The topological polar surface area (TPSA) is 45.1 Å². The SMILES string of the molecule is Oc1ccc(CNc2cncc(F)c2)cc1F. The minimum absolute atomic E-state index is 0.322. The highest BCUT2D eigenvalue weighted by Crippen LogP contribution is 2.17. The summed E-state index contributed by atoms with van der Waals surface area (Å²) in [5.74, 6) is -1.50. The van der Waals surface area contributed by atoms with E-state index >= 15 is 0 Å². The smallest absolute Gasteiger partial charge is 0.165 e. The molecule has 3 nitrogen and oxygen atoms in total. The van der Waals surface area contributed by atoms with E-state index in [1.807, 2.05) is 0 Å². The van der Waals surface area contributed by atoms with Gasteiger partial charge in [-0.2, -0.15) is 0 Å². The van der Waals surface area contributed by atoms with E-state index in [-0.39, 0.29) is 5.75 Å². The van der Waals surface area contributed by atoms with Gasteiger partial charge in [-0.15, -0.1) is 0 Å². The van der Waals surface area contributed by atoms with Crippen LogP contribution in [0.4, 0.5) is 14.5 Å². The van der Waals surface area contributed by atoms with Crippen molar-refractivity contribution in [1.29, 1.82) is 0 Å². The van der Waals surface area contributed by atoms with Crippen LogP contribution in [0.1, 0.15) is 5.56 Å². The third-order valence-corrected chi connectivity index (χ3v) is 2.21. The molecular formula is C12H10F2N2O. The molecule has 88 valence electrons. The zero-order valence-electron chi connectivity index (χ0n) is 8.82. The molecule has 2 N–H and O–H groups in total. The van der Waals surface area contributed by atoms with Gasteiger partial charge in [0, 0.05) is 12.6 Å². The van der Waals surface area contributed by atoms with Crippen LogP contribution in [0.3, 0.4) is 0 Å². The number of anilines is 1. The summed E-state index contributed by atoms with van der Waals surface area (Å²) >= 11 is 0. The second-order valence-electron chi connectivity index (χ2n) is 3.53. The third-order valence-electron chi connectivity index (χ3n) is 2.21. The number of aromatic nitrogens is 1. The molecule has 0 fully saturated rings. The lowest BCUT2D eigenvalue weighted by Crippen LogP contribution is -2.00. The molecule has 0 amide bonds. The molecule has 17 heavy (non-hydrogen) atoms. The molecule has 1 heterocycles. The number of halogens is 2. The summed E-state index contributed by atoms with van der Waals surface area (Å²) in [5.41, 5.74) is 1.16. The van der Waals surface area contributed by atoms with Crippen LogP contribution in [0.25, 0.3) is 0 Å². The molecule has 2 rings (SSSR count). The number of aromatic hydroxyl groups is 1. The fourth-order valence-electron chi connectivity index (χ4n) is 1.37. The Hall–Kier alpha value is -2.17. The number of nitrogens with zero attached hydrogens (tertiary/aromatic N) is 1. The number of phenols is 1. The average Bonchev–Trinajstić information content (AvgIpc) is 2.31. The highest BCUT2D eigenvalue weighted by Gasteiger charge is 2.02. The lowest BCUT2D eigenvalue weighted by molar-refractivity contribution is 0.432. The predicted octanol–water partition coefficient (Wildman–Crippen LogP) is 2.68. The van der Waals surface area contributed by atoms with Crippen LogP contribution in [-0.4, -0.2) is 10.1 Å². The van der Waals surface area contributed by atoms with Crippen molar-refractivity contribution < 1.29 is 13.9 Å². The van der Waals surface area contributed by atoms with Crippen molar-refractivity contribution in [3.8, 4) is 5.75 Å². The summed E-state index contributed by atoms with van der Waals surface area (Å²) < 4.78 is 25.8. The van der Waals surface area contributed by atoms with Gasteiger partial charge in [-0.25, -0.2) is 8.78 Å². The second kappa shape index (κ2) is 4.78. The van der Waals surface area contributed by atoms with Crippen molar-refractivity contribution in [3.63, 3.8) is 0 Å². The van der Waals surface area contributed by atoms with Gasteiger partial charge in [0.1, 0.15) is 5.82 Å². The lowest BCUT2D eigenvalue weighted by atomic mass is 10.2. The van der Waals surface area contributed by atoms with Crippen LogP contribution in [0.15, 0.2) is 36.7 Å². The van der Waals surface area contributed by atoms with E-state index in [2.05, 4.69) is 10.3 Å². The van der Waals surface area contributed by atoms with Crippen LogP contribution < -0.4 is 5.32 Å². The van der Waals surface area contributed by atoms with Gasteiger partial charge in [-0.3, -0.25) is 4.98 Å². The summed E-state index contributed by atoms with van der Waals surface area (Å²) in [5, 5.41) is 11.9. The Balaban J connectivity index is 2.05. The second-order valence-corrected chi connectivity index (χ2v) is 3.53. The predicted molar refractivity (Wildman–Crippen MR) is 59.6 cm³/mol. The van der Waals surface area contributed by atoms with Gasteiger partial charge in [-0.05, 0) is 17.7 Å². The Morgan fingerprint density at radius 1 is 1.18 bits per heavy atom. The van der Waals surface area contributed by atoms with Crippen LogP contribution >= 0.6 is 0 Å². The van der Waals surface area contributed by atoms with Crippen molar-refractivity contribution in [2.75, 3.05) is 5.32 Å². The van der Waals surface area contributed by atoms with Crippen molar-refractivity contribution in [2.45, 2.75) is 6.54 Å². The molecule has 0 aliphatic rings. The zero-order valence-corrected chi connectivity index (χ0v) is 8.82. The Bertz CT molecular complexity index is 532. The van der Waals surface area contributed by atoms with Crippen LogP contribution in [0, 0.1) is 11.6 Å². The highest BCUT2D eigenvalue weighted by atomic mass is 19.1. The van der Waals surface area contributed by atoms with Crippen molar-refractivity contribution in [3.05, 3.63) is 53.9 Å². The maximum atomic E-state index is 13.0. The van der Waals surface area contributed by atoms with Crippen molar-refractivity contribution in [1.82, 2.24) is 4.98 Å². The first-order valence-electron chi connectivity index (χ1n) is 4.97. The van der Waals surface area contributed by atoms with Gasteiger partial charge in [-0.1, -0.05) is 6.07 Å². The molecule has 0 saturated heterocycles. The number of phenolic OH excluding ortho intramolecular Hbond substituents is 1. The van der Waals surface area contributed by atoms with E-state index in [0.29, 0.717) is 17.8 Å². The number of pyridine rings is 1. The van der Waals surface area contributed by atoms with E-state index in [9.17, 15) is 8.78 Å². The van der Waals surface area contributed by atoms with Crippen LogP contribution in [0.5, 0.6) is 5.75 Å². The monoisotopic (exact) mass is 236 g/mol. The summed E-state index contributed by atoms with van der Waals surface area (Å²) in [4.78, 5) is 3.68. The zero-order chi connectivity index (χ0) is 12.3. The first-order valence-corrected chi connectivity index (χ1v) is 4.97. The first kappa shape index (κ1) is 11.3. The first-order chi connectivity index (χ1) is 8.15. The molecule has 0 saturated carbocycles. The fourth-order valence-corrected chi connectivity index (χ4v) is 1.37. The quantitative estimate of drug-likeness (QED) is 0.861. The molecule has 0 spiro atoms. The summed E-state index contributed by atoms with van der Waals surface area (Å²) in [6, 6.07) is 5.37. The van der Waals surface area contributed by atoms with Gasteiger partial charge in [0.2, 0.25) is 0 Å². The van der Waals surface area contributed by atoms with Gasteiger partial charge < -0.3 is 10.4 Å². The molecule has 0 radical (unpaired) electrons. The van der Waals surface area contributed by atoms with E-state index in [1.165, 1.54) is 24.4 Å². The van der Waals surface area contributed by atoms with E-state index in [0.717, 1.165) is 6.20 Å². The molecule has 0 bridgehead atoms. The third kappa shape index (κ3) is 2.90. The molecule has 0 aliphatic heterocycles. The van der Waals surface area contributed by atoms with Crippen molar-refractivity contribution in [2.24, 2.45) is 0 Å². The summed E-state index contributed by atoms with van der Waals surface area (Å²) in [7, 11) is 0. The van der Waals surface area contributed by atoms with Gasteiger partial charge in [0.05, 0.1) is 18.1 Å². The molecule has 0 unspecified atom stereocenters. The van der Waals surface area contributed by atoms with Gasteiger partial charge in [0.15, 0.2) is 11.6 Å². The Kier molecular flexibility index (Phi) is 3.18.